The Hall–Kier alpha value is -1.58. The fourth-order valence-corrected chi connectivity index (χ4v) is 2.49. The third-order valence-corrected chi connectivity index (χ3v) is 3.59. The number of anilines is 1. The van der Waals surface area contributed by atoms with Crippen molar-refractivity contribution in [1.82, 2.24) is 4.98 Å². The zero-order valence-electron chi connectivity index (χ0n) is 11.7. The van der Waals surface area contributed by atoms with Gasteiger partial charge in [0, 0.05) is 25.8 Å². The normalized spacial score (nSPS) is 10.6. The van der Waals surface area contributed by atoms with E-state index in [2.05, 4.69) is 28.9 Å². The van der Waals surface area contributed by atoms with Crippen molar-refractivity contribution in [3.63, 3.8) is 0 Å². The zero-order chi connectivity index (χ0) is 14.4. The van der Waals surface area contributed by atoms with Gasteiger partial charge in [0.15, 0.2) is 0 Å². The molecule has 2 aromatic rings. The second-order valence-corrected chi connectivity index (χ2v) is 5.10. The first-order valence-electron chi connectivity index (χ1n) is 6.88. The van der Waals surface area contributed by atoms with E-state index in [9.17, 15) is 0 Å². The van der Waals surface area contributed by atoms with Gasteiger partial charge in [-0.1, -0.05) is 48.9 Å². The van der Waals surface area contributed by atoms with E-state index in [1.54, 1.807) is 6.20 Å². The second-order valence-electron chi connectivity index (χ2n) is 4.72. The number of benzene rings is 1. The van der Waals surface area contributed by atoms with E-state index in [0.717, 1.165) is 30.9 Å². The summed E-state index contributed by atoms with van der Waals surface area (Å²) in [5.74, 6) is 0.820. The summed E-state index contributed by atoms with van der Waals surface area (Å²) in [6, 6.07) is 12.2. The summed E-state index contributed by atoms with van der Waals surface area (Å²) in [5, 5.41) is 0.666. The first kappa shape index (κ1) is 14.8. The van der Waals surface area contributed by atoms with Crippen molar-refractivity contribution in [2.45, 2.75) is 26.4 Å². The molecule has 0 bridgehead atoms. The minimum Gasteiger partial charge on any atom is -0.351 e. The largest absolute Gasteiger partial charge is 0.351 e. The molecule has 0 radical (unpaired) electrons. The van der Waals surface area contributed by atoms with E-state index in [1.807, 2.05) is 24.3 Å². The number of nitrogens with zero attached hydrogens (tertiary/aromatic N) is 2. The van der Waals surface area contributed by atoms with Crippen LogP contribution in [0.5, 0.6) is 0 Å². The van der Waals surface area contributed by atoms with Crippen LogP contribution in [0.3, 0.4) is 0 Å². The molecule has 0 amide bonds. The van der Waals surface area contributed by atoms with Crippen LogP contribution < -0.4 is 10.6 Å². The average molecular weight is 290 g/mol. The van der Waals surface area contributed by atoms with E-state index in [0.29, 0.717) is 11.6 Å². The summed E-state index contributed by atoms with van der Waals surface area (Å²) in [6.07, 6.45) is 2.81. The summed E-state index contributed by atoms with van der Waals surface area (Å²) >= 11 is 6.42. The summed E-state index contributed by atoms with van der Waals surface area (Å²) in [6.45, 7) is 4.30. The molecule has 2 N–H and O–H groups in total. The van der Waals surface area contributed by atoms with Gasteiger partial charge in [0.25, 0.3) is 0 Å². The zero-order valence-corrected chi connectivity index (χ0v) is 12.5. The summed E-state index contributed by atoms with van der Waals surface area (Å²) < 4.78 is 0. The van der Waals surface area contributed by atoms with Crippen molar-refractivity contribution in [2.75, 3.05) is 11.4 Å². The van der Waals surface area contributed by atoms with Crippen LogP contribution in [0.25, 0.3) is 0 Å². The predicted molar refractivity (Wildman–Crippen MR) is 84.9 cm³/mol. The molecule has 20 heavy (non-hydrogen) atoms. The third kappa shape index (κ3) is 3.50. The smallest absolute Gasteiger partial charge is 0.147 e. The van der Waals surface area contributed by atoms with E-state index in [-0.39, 0.29) is 0 Å². The highest BCUT2D eigenvalue weighted by Crippen LogP contribution is 2.28. The molecule has 1 aromatic carbocycles. The van der Waals surface area contributed by atoms with Crippen LogP contribution in [0, 0.1) is 0 Å². The first-order valence-corrected chi connectivity index (χ1v) is 7.26. The van der Waals surface area contributed by atoms with Crippen molar-refractivity contribution in [3.8, 4) is 0 Å². The van der Waals surface area contributed by atoms with Gasteiger partial charge in [-0.05, 0) is 23.6 Å². The number of hydrogen-bond acceptors (Lipinski definition) is 3. The number of rotatable bonds is 6. The van der Waals surface area contributed by atoms with Gasteiger partial charge in [-0.15, -0.1) is 0 Å². The first-order chi connectivity index (χ1) is 9.76. The van der Waals surface area contributed by atoms with E-state index < -0.39 is 0 Å². The van der Waals surface area contributed by atoms with Gasteiger partial charge in [-0.3, -0.25) is 0 Å². The number of aromatic nitrogens is 1. The summed E-state index contributed by atoms with van der Waals surface area (Å²) in [4.78, 5) is 6.65. The van der Waals surface area contributed by atoms with Gasteiger partial charge in [-0.2, -0.15) is 0 Å². The Labute approximate surface area is 125 Å². The lowest BCUT2D eigenvalue weighted by Crippen LogP contribution is -2.25. The molecule has 1 aromatic heterocycles. The summed E-state index contributed by atoms with van der Waals surface area (Å²) in [7, 11) is 0. The second kappa shape index (κ2) is 7.27. The Morgan fingerprint density at radius 2 is 1.95 bits per heavy atom. The van der Waals surface area contributed by atoms with Crippen LogP contribution >= 0.6 is 11.6 Å². The third-order valence-electron chi connectivity index (χ3n) is 3.18. The van der Waals surface area contributed by atoms with Gasteiger partial charge in [0.1, 0.15) is 5.82 Å². The predicted octanol–water partition coefficient (Wildman–Crippen LogP) is 3.61. The van der Waals surface area contributed by atoms with Crippen molar-refractivity contribution in [2.24, 2.45) is 5.73 Å². The lowest BCUT2D eigenvalue weighted by molar-refractivity contribution is 0.753. The molecule has 0 fully saturated rings. The molecule has 0 saturated carbocycles. The van der Waals surface area contributed by atoms with Crippen LogP contribution in [0.1, 0.15) is 24.5 Å². The summed E-state index contributed by atoms with van der Waals surface area (Å²) in [5.41, 5.74) is 7.90. The molecule has 0 saturated heterocycles. The average Bonchev–Trinajstić information content (AvgIpc) is 2.48. The van der Waals surface area contributed by atoms with Crippen molar-refractivity contribution < 1.29 is 0 Å². The Morgan fingerprint density at radius 1 is 1.20 bits per heavy atom. The topological polar surface area (TPSA) is 42.2 Å². The van der Waals surface area contributed by atoms with Gasteiger partial charge in [0.05, 0.1) is 5.02 Å². The fraction of sp³-hybridized carbons (Fsp3) is 0.312. The van der Waals surface area contributed by atoms with E-state index in [1.165, 1.54) is 5.56 Å². The molecule has 2 rings (SSSR count). The van der Waals surface area contributed by atoms with E-state index >= 15 is 0 Å². The van der Waals surface area contributed by atoms with Gasteiger partial charge in [-0.25, -0.2) is 4.98 Å². The van der Waals surface area contributed by atoms with E-state index in [4.69, 9.17) is 17.3 Å². The van der Waals surface area contributed by atoms with Crippen LogP contribution in [0.4, 0.5) is 5.82 Å². The quantitative estimate of drug-likeness (QED) is 0.883. The van der Waals surface area contributed by atoms with Crippen LogP contribution in [-0.2, 0) is 13.1 Å². The lowest BCUT2D eigenvalue weighted by Gasteiger charge is -2.25. The lowest BCUT2D eigenvalue weighted by atomic mass is 10.2. The highest BCUT2D eigenvalue weighted by atomic mass is 35.5. The fourth-order valence-electron chi connectivity index (χ4n) is 2.18. The van der Waals surface area contributed by atoms with Crippen LogP contribution in [0.2, 0.25) is 5.02 Å². The van der Waals surface area contributed by atoms with Crippen molar-refractivity contribution in [1.29, 1.82) is 0 Å². The monoisotopic (exact) mass is 289 g/mol. The molecule has 0 aliphatic rings. The molecule has 0 unspecified atom stereocenters. The van der Waals surface area contributed by atoms with Crippen molar-refractivity contribution >= 4 is 17.4 Å². The highest BCUT2D eigenvalue weighted by Gasteiger charge is 2.14. The molecule has 0 aliphatic heterocycles. The maximum Gasteiger partial charge on any atom is 0.147 e. The van der Waals surface area contributed by atoms with Crippen LogP contribution in [-0.4, -0.2) is 11.5 Å². The molecule has 0 aliphatic carbocycles. The standard InChI is InChI=1S/C16H20ClN3/c1-2-10-20(12-13-6-4-3-5-7-13)16-15(17)14(11-18)8-9-19-16/h3-9H,2,10-12,18H2,1H3. The Morgan fingerprint density at radius 3 is 2.60 bits per heavy atom. The van der Waals surface area contributed by atoms with Gasteiger partial charge >= 0.3 is 0 Å². The minimum atomic E-state index is 0.430. The maximum atomic E-state index is 6.42. The van der Waals surface area contributed by atoms with Crippen molar-refractivity contribution in [3.05, 3.63) is 58.7 Å². The van der Waals surface area contributed by atoms with Gasteiger partial charge in [0.2, 0.25) is 0 Å². The molecule has 106 valence electrons. The molecular weight excluding hydrogens is 270 g/mol. The molecule has 3 nitrogen and oxygen atoms in total. The molecule has 0 spiro atoms. The maximum absolute atomic E-state index is 6.42. The molecule has 1 heterocycles. The number of nitrogens with two attached hydrogens (primary N) is 1. The molecule has 0 atom stereocenters. The number of hydrogen-bond donors (Lipinski definition) is 1. The Kier molecular flexibility index (Phi) is 5.39. The SMILES string of the molecule is CCCN(Cc1ccccc1)c1nccc(CN)c1Cl. The number of halogens is 1. The Balaban J connectivity index is 2.29. The highest BCUT2D eigenvalue weighted by molar-refractivity contribution is 6.33. The minimum absolute atomic E-state index is 0.430. The van der Waals surface area contributed by atoms with Crippen LogP contribution in [0.15, 0.2) is 42.6 Å². The molecular formula is C16H20ClN3. The Bertz CT molecular complexity index is 543. The number of pyridine rings is 1. The molecule has 4 heteroatoms. The van der Waals surface area contributed by atoms with Gasteiger partial charge < -0.3 is 10.6 Å².